The van der Waals surface area contributed by atoms with E-state index in [1.54, 1.807) is 7.11 Å². The van der Waals surface area contributed by atoms with Gasteiger partial charge in [0, 0.05) is 40.3 Å². The van der Waals surface area contributed by atoms with Crippen LogP contribution in [0.4, 0.5) is 11.4 Å². The highest BCUT2D eigenvalue weighted by molar-refractivity contribution is 7.89. The molecule has 0 bridgehead atoms. The average Bonchev–Trinajstić information content (AvgIpc) is 2.75. The summed E-state index contributed by atoms with van der Waals surface area (Å²) in [4.78, 5) is 16.9. The Bertz CT molecular complexity index is 1040. The van der Waals surface area contributed by atoms with E-state index in [9.17, 15) is 13.2 Å². The van der Waals surface area contributed by atoms with Gasteiger partial charge in [-0.05, 0) is 30.3 Å². The fraction of sp³-hybridized carbons (Fsp3) is 0.381. The Morgan fingerprint density at radius 3 is 2.41 bits per heavy atom. The first-order valence-corrected chi connectivity index (χ1v) is 11.7. The predicted molar refractivity (Wildman–Crippen MR) is 130 cm³/mol. The van der Waals surface area contributed by atoms with Crippen molar-refractivity contribution < 1.29 is 17.9 Å². The highest BCUT2D eigenvalue weighted by Crippen LogP contribution is 2.29. The van der Waals surface area contributed by atoms with Gasteiger partial charge in [-0.2, -0.15) is 0 Å². The van der Waals surface area contributed by atoms with Crippen LogP contribution in [-0.2, 0) is 14.8 Å². The monoisotopic (exact) mass is 502 g/mol. The summed E-state index contributed by atoms with van der Waals surface area (Å²) in [6.45, 7) is 3.17. The van der Waals surface area contributed by atoms with Crippen molar-refractivity contribution >= 4 is 51.3 Å². The van der Waals surface area contributed by atoms with Gasteiger partial charge in [-0.25, -0.2) is 12.7 Å². The Labute approximate surface area is 200 Å². The van der Waals surface area contributed by atoms with Gasteiger partial charge in [0.2, 0.25) is 15.9 Å². The largest absolute Gasteiger partial charge is 0.495 e. The molecule has 0 saturated carbocycles. The second kappa shape index (κ2) is 11.2. The van der Waals surface area contributed by atoms with Crippen LogP contribution in [0.5, 0.6) is 5.75 Å². The third-order valence-electron chi connectivity index (χ3n) is 5.16. The zero-order chi connectivity index (χ0) is 22.6. The number of sulfonamides is 1. The first kappa shape index (κ1) is 26.2. The van der Waals surface area contributed by atoms with E-state index in [0.717, 1.165) is 28.8 Å². The van der Waals surface area contributed by atoms with Crippen LogP contribution in [0.3, 0.4) is 0 Å². The minimum absolute atomic E-state index is 0. The lowest BCUT2D eigenvalue weighted by Gasteiger charge is -2.36. The molecule has 0 aromatic heterocycles. The maximum absolute atomic E-state index is 12.6. The number of methoxy groups -OCH3 is 1. The van der Waals surface area contributed by atoms with E-state index < -0.39 is 10.0 Å². The molecule has 8 nitrogen and oxygen atoms in total. The second-order valence-corrected chi connectivity index (χ2v) is 9.97. The molecule has 0 spiro atoms. The van der Waals surface area contributed by atoms with Gasteiger partial charge in [0.15, 0.2) is 0 Å². The quantitative estimate of drug-likeness (QED) is 0.626. The number of para-hydroxylation sites is 2. The van der Waals surface area contributed by atoms with Crippen molar-refractivity contribution in [3.8, 4) is 5.75 Å². The number of anilines is 2. The molecule has 1 fully saturated rings. The number of halogens is 2. The Balaban J connectivity index is 0.00000363. The molecule has 0 radical (unpaired) electrons. The van der Waals surface area contributed by atoms with E-state index in [-0.39, 0.29) is 40.5 Å². The molecule has 3 rings (SSSR count). The molecule has 11 heteroatoms. The molecule has 0 aliphatic carbocycles. The molecule has 176 valence electrons. The van der Waals surface area contributed by atoms with Gasteiger partial charge in [-0.15, -0.1) is 12.4 Å². The summed E-state index contributed by atoms with van der Waals surface area (Å²) in [5.74, 6) is 0.586. The molecule has 32 heavy (non-hydrogen) atoms. The molecule has 1 aliphatic heterocycles. The van der Waals surface area contributed by atoms with Crippen molar-refractivity contribution in [1.29, 1.82) is 0 Å². The lowest BCUT2D eigenvalue weighted by molar-refractivity contribution is -0.117. The molecule has 0 unspecified atom stereocenters. The number of hydrogen-bond acceptors (Lipinski definition) is 6. The first-order valence-electron chi connectivity index (χ1n) is 9.84. The van der Waals surface area contributed by atoms with Crippen LogP contribution in [-0.4, -0.2) is 77.5 Å². The van der Waals surface area contributed by atoms with Crippen LogP contribution in [0.25, 0.3) is 0 Å². The lowest BCUT2D eigenvalue weighted by Crippen LogP contribution is -2.48. The minimum atomic E-state index is -3.62. The predicted octanol–water partition coefficient (Wildman–Crippen LogP) is 2.78. The van der Waals surface area contributed by atoms with Gasteiger partial charge < -0.3 is 15.0 Å². The molecule has 2 aromatic carbocycles. The standard InChI is InChI=1S/C21H27ClN4O4S.ClH/c1-24(2)31(28,29)16-8-9-17(22)18(14-16)23-21(27)15-25-10-12-26(13-11-25)19-6-4-5-7-20(19)30-3;/h4-9,14H,10-13,15H2,1-3H3,(H,23,27);1H. The molecule has 1 saturated heterocycles. The normalized spacial score (nSPS) is 14.7. The van der Waals surface area contributed by atoms with Crippen LogP contribution in [0.1, 0.15) is 0 Å². The van der Waals surface area contributed by atoms with E-state index in [2.05, 4.69) is 15.1 Å². The Morgan fingerprint density at radius 2 is 1.78 bits per heavy atom. The molecular formula is C21H28Cl2N4O4S. The topological polar surface area (TPSA) is 82.2 Å². The number of carbonyl (C=O) groups is 1. The maximum Gasteiger partial charge on any atom is 0.242 e. The highest BCUT2D eigenvalue weighted by Gasteiger charge is 2.22. The number of amides is 1. The van der Waals surface area contributed by atoms with Gasteiger partial charge >= 0.3 is 0 Å². The van der Waals surface area contributed by atoms with E-state index in [4.69, 9.17) is 16.3 Å². The zero-order valence-corrected chi connectivity index (χ0v) is 20.6. The van der Waals surface area contributed by atoms with E-state index >= 15 is 0 Å². The fourth-order valence-electron chi connectivity index (χ4n) is 3.40. The van der Waals surface area contributed by atoms with Gasteiger partial charge in [0.25, 0.3) is 0 Å². The van der Waals surface area contributed by atoms with Crippen molar-refractivity contribution in [3.63, 3.8) is 0 Å². The molecule has 0 atom stereocenters. The van der Waals surface area contributed by atoms with E-state index in [1.165, 1.54) is 32.3 Å². The van der Waals surface area contributed by atoms with E-state index in [0.29, 0.717) is 13.1 Å². The van der Waals surface area contributed by atoms with Gasteiger partial charge in [-0.1, -0.05) is 23.7 Å². The SMILES string of the molecule is COc1ccccc1N1CCN(CC(=O)Nc2cc(S(=O)(=O)N(C)C)ccc2Cl)CC1.Cl. The summed E-state index contributed by atoms with van der Waals surface area (Å²) >= 11 is 6.17. The minimum Gasteiger partial charge on any atom is -0.495 e. The Morgan fingerprint density at radius 1 is 1.12 bits per heavy atom. The third kappa shape index (κ3) is 6.05. The fourth-order valence-corrected chi connectivity index (χ4v) is 4.50. The number of piperazine rings is 1. The van der Waals surface area contributed by atoms with Crippen molar-refractivity contribution in [2.24, 2.45) is 0 Å². The Kier molecular flexibility index (Phi) is 9.18. The summed E-state index contributed by atoms with van der Waals surface area (Å²) in [6.07, 6.45) is 0. The number of hydrogen-bond donors (Lipinski definition) is 1. The number of nitrogens with one attached hydrogen (secondary N) is 1. The van der Waals surface area contributed by atoms with Crippen LogP contribution < -0.4 is 15.0 Å². The summed E-state index contributed by atoms with van der Waals surface area (Å²) in [5, 5.41) is 3.03. The molecule has 1 amide bonds. The summed E-state index contributed by atoms with van der Waals surface area (Å²) in [5.41, 5.74) is 1.32. The molecular weight excluding hydrogens is 475 g/mol. The van der Waals surface area contributed by atoms with Crippen LogP contribution >= 0.6 is 24.0 Å². The van der Waals surface area contributed by atoms with Crippen LogP contribution in [0, 0.1) is 0 Å². The van der Waals surface area contributed by atoms with E-state index in [1.807, 2.05) is 24.3 Å². The van der Waals surface area contributed by atoms with Gasteiger partial charge in [0.1, 0.15) is 5.75 Å². The molecule has 1 N–H and O–H groups in total. The number of rotatable bonds is 7. The summed E-state index contributed by atoms with van der Waals surface area (Å²) in [6, 6.07) is 12.2. The second-order valence-electron chi connectivity index (χ2n) is 7.41. The summed E-state index contributed by atoms with van der Waals surface area (Å²) < 4.78 is 31.2. The molecule has 1 aliphatic rings. The first-order chi connectivity index (χ1) is 14.7. The lowest BCUT2D eigenvalue weighted by atomic mass is 10.2. The zero-order valence-electron chi connectivity index (χ0n) is 18.2. The number of benzene rings is 2. The van der Waals surface area contributed by atoms with Crippen molar-refractivity contribution in [1.82, 2.24) is 9.21 Å². The van der Waals surface area contributed by atoms with Crippen molar-refractivity contribution in [3.05, 3.63) is 47.5 Å². The molecule has 1 heterocycles. The number of nitrogens with zero attached hydrogens (tertiary/aromatic N) is 3. The Hall–Kier alpha value is -2.04. The molecule has 2 aromatic rings. The van der Waals surface area contributed by atoms with Gasteiger partial charge in [0.05, 0.1) is 34.9 Å². The van der Waals surface area contributed by atoms with Crippen molar-refractivity contribution in [2.45, 2.75) is 4.90 Å². The third-order valence-corrected chi connectivity index (χ3v) is 7.30. The maximum atomic E-state index is 12.6. The highest BCUT2D eigenvalue weighted by atomic mass is 35.5. The van der Waals surface area contributed by atoms with Crippen molar-refractivity contribution in [2.75, 3.05) is 64.1 Å². The number of carbonyl (C=O) groups excluding carboxylic acids is 1. The van der Waals surface area contributed by atoms with Crippen LogP contribution in [0.2, 0.25) is 5.02 Å². The summed E-state index contributed by atoms with van der Waals surface area (Å²) in [7, 11) is 0.938. The number of ether oxygens (including phenoxy) is 1. The average molecular weight is 503 g/mol. The van der Waals surface area contributed by atoms with Gasteiger partial charge in [-0.3, -0.25) is 9.69 Å². The van der Waals surface area contributed by atoms with Crippen LogP contribution in [0.15, 0.2) is 47.4 Å². The smallest absolute Gasteiger partial charge is 0.242 e.